The monoisotopic (exact) mass is 316 g/mol. The summed E-state index contributed by atoms with van der Waals surface area (Å²) in [4.78, 5) is 11.7. The third kappa shape index (κ3) is 3.33. The topological polar surface area (TPSA) is 80.6 Å². The van der Waals surface area contributed by atoms with Crippen molar-refractivity contribution in [2.75, 3.05) is 6.61 Å². The lowest BCUT2D eigenvalue weighted by molar-refractivity contribution is -0.138. The summed E-state index contributed by atoms with van der Waals surface area (Å²) in [5, 5.41) is 12.1. The molecule has 0 aromatic rings. The zero-order valence-electron chi connectivity index (χ0n) is 14.1. The number of nitriles is 1. The predicted molar refractivity (Wildman–Crippen MR) is 85.7 cm³/mol. The highest BCUT2D eigenvalue weighted by molar-refractivity contribution is 6.55. The summed E-state index contributed by atoms with van der Waals surface area (Å²) < 4.78 is 16.8. The van der Waals surface area contributed by atoms with Crippen LogP contribution in [0.25, 0.3) is 0 Å². The summed E-state index contributed by atoms with van der Waals surface area (Å²) in [5.41, 5.74) is 0.267. The van der Waals surface area contributed by atoms with Crippen LogP contribution in [0.1, 0.15) is 34.6 Å². The molecule has 0 bridgehead atoms. The molecule has 0 aromatic heterocycles. The second-order valence-electron chi connectivity index (χ2n) is 6.33. The lowest BCUT2D eigenvalue weighted by Crippen LogP contribution is -2.41. The number of dihydropyridines is 1. The van der Waals surface area contributed by atoms with Crippen molar-refractivity contribution < 1.29 is 18.8 Å². The molecule has 7 heteroatoms. The van der Waals surface area contributed by atoms with E-state index in [0.717, 1.165) is 5.47 Å². The number of nitrogens with one attached hydrogen (secondary N) is 1. The van der Waals surface area contributed by atoms with Gasteiger partial charge in [0.2, 0.25) is 0 Å². The molecule has 0 spiro atoms. The van der Waals surface area contributed by atoms with Crippen LogP contribution in [0.3, 0.4) is 0 Å². The molecule has 0 amide bonds. The molecule has 2 aliphatic heterocycles. The fourth-order valence-electron chi connectivity index (χ4n) is 2.14. The Bertz CT molecular complexity index is 625. The highest BCUT2D eigenvalue weighted by atomic mass is 16.7. The van der Waals surface area contributed by atoms with Gasteiger partial charge in [0.15, 0.2) is 5.57 Å². The van der Waals surface area contributed by atoms with Crippen LogP contribution < -0.4 is 5.32 Å². The number of hydrogen-bond donors (Lipinski definition) is 1. The van der Waals surface area contributed by atoms with E-state index in [2.05, 4.69) is 5.32 Å². The number of esters is 1. The Labute approximate surface area is 136 Å². The molecule has 6 nitrogen and oxygen atoms in total. The molecule has 0 aliphatic carbocycles. The Hall–Kier alpha value is -2.04. The maximum atomic E-state index is 11.7. The van der Waals surface area contributed by atoms with Crippen molar-refractivity contribution >= 4 is 13.1 Å². The van der Waals surface area contributed by atoms with E-state index in [9.17, 15) is 4.79 Å². The molecule has 1 N–H and O–H groups in total. The lowest BCUT2D eigenvalue weighted by atomic mass is 9.77. The fraction of sp³-hybridized carbons (Fsp3) is 0.500. The largest absolute Gasteiger partial charge is 0.496 e. The number of carbonyl (C=O) groups excluding carboxylic acids is 1. The molecule has 23 heavy (non-hydrogen) atoms. The minimum absolute atomic E-state index is 0.0627. The molecule has 0 unspecified atom stereocenters. The van der Waals surface area contributed by atoms with Gasteiger partial charge in [-0.25, -0.2) is 4.79 Å². The number of allylic oxidation sites excluding steroid dienone is 3. The third-order valence-electron chi connectivity index (χ3n) is 4.22. The van der Waals surface area contributed by atoms with Gasteiger partial charge in [0.25, 0.3) is 0 Å². The van der Waals surface area contributed by atoms with Crippen molar-refractivity contribution in [2.45, 2.75) is 45.8 Å². The number of nitrogens with zero attached hydrogens (tertiary/aromatic N) is 1. The zero-order chi connectivity index (χ0) is 17.3. The van der Waals surface area contributed by atoms with E-state index in [0.29, 0.717) is 5.70 Å². The van der Waals surface area contributed by atoms with Crippen molar-refractivity contribution in [2.24, 2.45) is 0 Å². The maximum absolute atomic E-state index is 11.7. The van der Waals surface area contributed by atoms with Crippen LogP contribution in [0.5, 0.6) is 0 Å². The van der Waals surface area contributed by atoms with E-state index < -0.39 is 24.3 Å². The van der Waals surface area contributed by atoms with Crippen LogP contribution in [0.15, 0.2) is 35.1 Å². The number of hydrogen-bond acceptors (Lipinski definition) is 6. The average molecular weight is 316 g/mol. The molecular weight excluding hydrogens is 295 g/mol. The third-order valence-corrected chi connectivity index (χ3v) is 4.22. The van der Waals surface area contributed by atoms with Crippen LogP contribution in [0.2, 0.25) is 0 Å². The molecule has 2 heterocycles. The molecule has 1 fully saturated rings. The number of rotatable bonds is 3. The highest BCUT2D eigenvalue weighted by Crippen LogP contribution is 2.39. The lowest BCUT2D eigenvalue weighted by Gasteiger charge is -2.32. The Kier molecular flexibility index (Phi) is 4.69. The van der Waals surface area contributed by atoms with Crippen molar-refractivity contribution in [3.8, 4) is 6.07 Å². The molecule has 0 aromatic carbocycles. The summed E-state index contributed by atoms with van der Waals surface area (Å²) in [6, 6.07) is 1.87. The van der Waals surface area contributed by atoms with Gasteiger partial charge in [-0.05, 0) is 46.2 Å². The van der Waals surface area contributed by atoms with Crippen LogP contribution in [0, 0.1) is 11.3 Å². The van der Waals surface area contributed by atoms with Crippen LogP contribution in [-0.4, -0.2) is 30.9 Å². The quantitative estimate of drug-likeness (QED) is 0.371. The van der Waals surface area contributed by atoms with E-state index in [1.165, 1.54) is 0 Å². The van der Waals surface area contributed by atoms with E-state index in [4.69, 9.17) is 19.3 Å². The Morgan fingerprint density at radius 1 is 1.30 bits per heavy atom. The second-order valence-corrected chi connectivity index (χ2v) is 6.33. The van der Waals surface area contributed by atoms with Crippen molar-refractivity contribution in [1.29, 1.82) is 5.26 Å². The van der Waals surface area contributed by atoms with E-state index in [1.54, 1.807) is 25.3 Å². The smallest absolute Gasteiger partial charge is 0.462 e. The van der Waals surface area contributed by atoms with Crippen LogP contribution in [0.4, 0.5) is 0 Å². The average Bonchev–Trinajstić information content (AvgIpc) is 2.69. The van der Waals surface area contributed by atoms with Gasteiger partial charge < -0.3 is 19.4 Å². The van der Waals surface area contributed by atoms with Gasteiger partial charge in [-0.15, -0.1) is 0 Å². The van der Waals surface area contributed by atoms with Crippen molar-refractivity contribution in [1.82, 2.24) is 5.32 Å². The first-order valence-electron chi connectivity index (χ1n) is 7.53. The summed E-state index contributed by atoms with van der Waals surface area (Å²) in [5.74, 6) is -0.644. The molecule has 1 saturated heterocycles. The van der Waals surface area contributed by atoms with Crippen molar-refractivity contribution in [3.05, 3.63) is 35.1 Å². The normalized spacial score (nSPS) is 23.7. The molecule has 122 valence electrons. The highest BCUT2D eigenvalue weighted by Gasteiger charge is 2.52. The van der Waals surface area contributed by atoms with Crippen LogP contribution >= 0.6 is 0 Å². The Morgan fingerprint density at radius 2 is 1.91 bits per heavy atom. The van der Waals surface area contributed by atoms with Gasteiger partial charge in [-0.2, -0.15) is 5.26 Å². The Balaban J connectivity index is 2.16. The summed E-state index contributed by atoms with van der Waals surface area (Å²) in [7, 11) is -0.501. The van der Waals surface area contributed by atoms with E-state index >= 15 is 0 Å². The standard InChI is InChI=1S/C16H21BN2O4/c1-6-21-14(20)12(9-18)13-8-7-11(10-19-13)17-22-15(2,3)16(4,5)23-17/h7-8,10,19H,6H2,1-5H3. The first kappa shape index (κ1) is 17.3. The molecule has 2 aliphatic rings. The predicted octanol–water partition coefficient (Wildman–Crippen LogP) is 2.00. The fourth-order valence-corrected chi connectivity index (χ4v) is 2.14. The molecular formula is C16H21BN2O4. The molecule has 0 radical (unpaired) electrons. The van der Waals surface area contributed by atoms with Crippen LogP contribution in [-0.2, 0) is 18.8 Å². The van der Waals surface area contributed by atoms with Gasteiger partial charge in [0.05, 0.1) is 23.5 Å². The minimum atomic E-state index is -0.644. The molecule has 2 rings (SSSR count). The summed E-state index contributed by atoms with van der Waals surface area (Å²) >= 11 is 0. The molecule has 0 atom stereocenters. The zero-order valence-corrected chi connectivity index (χ0v) is 14.1. The van der Waals surface area contributed by atoms with Gasteiger partial charge in [-0.3, -0.25) is 0 Å². The van der Waals surface area contributed by atoms with E-state index in [-0.39, 0.29) is 12.2 Å². The maximum Gasteiger partial charge on any atom is 0.496 e. The SMILES string of the molecule is CCOC(=O)C(C#N)=C1C=CC(B2OC(C)(C)C(C)(C)O2)=CN1. The van der Waals surface area contributed by atoms with Crippen molar-refractivity contribution in [3.63, 3.8) is 0 Å². The van der Waals surface area contributed by atoms with Gasteiger partial charge in [0.1, 0.15) is 6.07 Å². The van der Waals surface area contributed by atoms with Gasteiger partial charge in [0, 0.05) is 6.20 Å². The van der Waals surface area contributed by atoms with Gasteiger partial charge >= 0.3 is 13.1 Å². The number of carbonyl (C=O) groups is 1. The first-order valence-corrected chi connectivity index (χ1v) is 7.53. The van der Waals surface area contributed by atoms with E-state index in [1.807, 2.05) is 33.8 Å². The minimum Gasteiger partial charge on any atom is -0.462 e. The summed E-state index contributed by atoms with van der Waals surface area (Å²) in [6.45, 7) is 9.83. The van der Waals surface area contributed by atoms with Gasteiger partial charge in [-0.1, -0.05) is 6.08 Å². The Morgan fingerprint density at radius 3 is 2.35 bits per heavy atom. The second kappa shape index (κ2) is 6.22. The molecule has 0 saturated carbocycles. The number of ether oxygens (including phenoxy) is 1. The first-order chi connectivity index (χ1) is 10.7. The summed E-state index contributed by atoms with van der Waals surface area (Å²) in [6.07, 6.45) is 5.09.